The summed E-state index contributed by atoms with van der Waals surface area (Å²) in [5.74, 6) is -0.764. The van der Waals surface area contributed by atoms with Crippen molar-refractivity contribution in [3.63, 3.8) is 0 Å². The zero-order valence-electron chi connectivity index (χ0n) is 9.22. The summed E-state index contributed by atoms with van der Waals surface area (Å²) >= 11 is 0. The molecule has 1 aliphatic carbocycles. The maximum absolute atomic E-state index is 12.0. The zero-order valence-corrected chi connectivity index (χ0v) is 9.22. The average molecular weight is 218 g/mol. The predicted octanol–water partition coefficient (Wildman–Crippen LogP) is 1.24. The molecule has 1 saturated heterocycles. The Balaban J connectivity index is 2.28. The number of allylic oxidation sites excluding steroid dienone is 2. The minimum atomic E-state index is -0.592. The van der Waals surface area contributed by atoms with Gasteiger partial charge < -0.3 is 0 Å². The highest BCUT2D eigenvalue weighted by Gasteiger charge is 2.49. The van der Waals surface area contributed by atoms with Gasteiger partial charge in [-0.25, -0.2) is 0 Å². The molecule has 1 fully saturated rings. The third-order valence-electron chi connectivity index (χ3n) is 3.39. The van der Waals surface area contributed by atoms with E-state index in [4.69, 9.17) is 5.26 Å². The van der Waals surface area contributed by atoms with E-state index in [0.29, 0.717) is 19.3 Å². The van der Waals surface area contributed by atoms with Crippen molar-refractivity contribution in [3.05, 3.63) is 12.2 Å². The maximum atomic E-state index is 12.0. The van der Waals surface area contributed by atoms with Crippen molar-refractivity contribution in [2.45, 2.75) is 32.2 Å². The molecule has 84 valence electrons. The van der Waals surface area contributed by atoms with Gasteiger partial charge in [0.2, 0.25) is 11.8 Å². The van der Waals surface area contributed by atoms with E-state index >= 15 is 0 Å². The maximum Gasteiger partial charge on any atom is 0.234 e. The van der Waals surface area contributed by atoms with Gasteiger partial charge in [-0.05, 0) is 19.3 Å². The summed E-state index contributed by atoms with van der Waals surface area (Å²) in [6.07, 6.45) is 5.66. The molecule has 0 aromatic rings. The second-order valence-corrected chi connectivity index (χ2v) is 4.26. The van der Waals surface area contributed by atoms with E-state index in [0.717, 1.165) is 0 Å². The van der Waals surface area contributed by atoms with Gasteiger partial charge in [-0.2, -0.15) is 5.26 Å². The van der Waals surface area contributed by atoms with Crippen LogP contribution in [0.3, 0.4) is 0 Å². The van der Waals surface area contributed by atoms with Gasteiger partial charge in [0.1, 0.15) is 6.04 Å². The highest BCUT2D eigenvalue weighted by molar-refractivity contribution is 6.06. The normalized spacial score (nSPS) is 30.1. The van der Waals surface area contributed by atoms with Crippen LogP contribution in [-0.4, -0.2) is 22.8 Å². The molecule has 1 aliphatic heterocycles. The first kappa shape index (κ1) is 10.9. The fraction of sp³-hybridized carbons (Fsp3) is 0.583. The van der Waals surface area contributed by atoms with E-state index in [2.05, 4.69) is 0 Å². The van der Waals surface area contributed by atoms with Crippen molar-refractivity contribution >= 4 is 11.8 Å². The monoisotopic (exact) mass is 218 g/mol. The van der Waals surface area contributed by atoms with Crippen LogP contribution in [0.1, 0.15) is 26.2 Å². The quantitative estimate of drug-likeness (QED) is 0.517. The molecule has 0 saturated carbocycles. The number of likely N-dealkylation sites (tertiary alicyclic amines) is 1. The van der Waals surface area contributed by atoms with Crippen molar-refractivity contribution in [2.75, 3.05) is 0 Å². The lowest BCUT2D eigenvalue weighted by molar-refractivity contribution is -0.141. The Labute approximate surface area is 94.5 Å². The predicted molar refractivity (Wildman–Crippen MR) is 56.9 cm³/mol. The number of hydrogen-bond acceptors (Lipinski definition) is 3. The molecule has 1 heterocycles. The van der Waals surface area contributed by atoms with Crippen LogP contribution >= 0.6 is 0 Å². The molecule has 2 rings (SSSR count). The fourth-order valence-corrected chi connectivity index (χ4v) is 2.46. The Morgan fingerprint density at radius 2 is 1.88 bits per heavy atom. The Bertz CT molecular complexity index is 368. The topological polar surface area (TPSA) is 61.2 Å². The number of carbonyl (C=O) groups is 2. The SMILES string of the molecule is CCC(C#N)N1C(=O)C2CC=CCC2C1=O. The van der Waals surface area contributed by atoms with E-state index in [-0.39, 0.29) is 23.7 Å². The molecule has 0 aromatic carbocycles. The lowest BCUT2D eigenvalue weighted by Crippen LogP contribution is -2.39. The number of amides is 2. The highest BCUT2D eigenvalue weighted by atomic mass is 16.2. The van der Waals surface area contributed by atoms with E-state index in [1.807, 2.05) is 25.1 Å². The first-order chi connectivity index (χ1) is 7.70. The van der Waals surface area contributed by atoms with Crippen LogP contribution in [0.4, 0.5) is 0 Å². The summed E-state index contributed by atoms with van der Waals surface area (Å²) in [7, 11) is 0. The number of carbonyl (C=O) groups excluding carboxylic acids is 2. The minimum absolute atomic E-state index is 0.159. The molecule has 0 radical (unpaired) electrons. The Morgan fingerprint density at radius 3 is 2.25 bits per heavy atom. The number of nitriles is 1. The smallest absolute Gasteiger partial charge is 0.234 e. The van der Waals surface area contributed by atoms with E-state index in [1.165, 1.54) is 4.90 Å². The summed E-state index contributed by atoms with van der Waals surface area (Å²) < 4.78 is 0. The molecule has 16 heavy (non-hydrogen) atoms. The fourth-order valence-electron chi connectivity index (χ4n) is 2.46. The van der Waals surface area contributed by atoms with Gasteiger partial charge in [0, 0.05) is 0 Å². The summed E-state index contributed by atoms with van der Waals surface area (Å²) in [5, 5.41) is 8.94. The Hall–Kier alpha value is -1.63. The summed E-state index contributed by atoms with van der Waals surface area (Å²) in [6, 6.07) is 1.44. The van der Waals surface area contributed by atoms with Crippen molar-refractivity contribution < 1.29 is 9.59 Å². The third-order valence-corrected chi connectivity index (χ3v) is 3.39. The van der Waals surface area contributed by atoms with Gasteiger partial charge in [-0.15, -0.1) is 0 Å². The van der Waals surface area contributed by atoms with Crippen molar-refractivity contribution in [1.82, 2.24) is 4.90 Å². The van der Waals surface area contributed by atoms with Crippen LogP contribution in [0.5, 0.6) is 0 Å². The van der Waals surface area contributed by atoms with Gasteiger partial charge in [0.25, 0.3) is 0 Å². The second-order valence-electron chi connectivity index (χ2n) is 4.26. The summed E-state index contributed by atoms with van der Waals surface area (Å²) in [6.45, 7) is 1.81. The molecule has 4 heteroatoms. The van der Waals surface area contributed by atoms with Crippen LogP contribution in [0.25, 0.3) is 0 Å². The number of rotatable bonds is 2. The first-order valence-corrected chi connectivity index (χ1v) is 5.62. The van der Waals surface area contributed by atoms with Crippen molar-refractivity contribution in [3.8, 4) is 6.07 Å². The number of nitrogens with zero attached hydrogens (tertiary/aromatic N) is 2. The minimum Gasteiger partial charge on any atom is -0.274 e. The second kappa shape index (κ2) is 4.09. The van der Waals surface area contributed by atoms with Crippen LogP contribution in [0, 0.1) is 23.2 Å². The molecular formula is C12H14N2O2. The van der Waals surface area contributed by atoms with E-state index < -0.39 is 6.04 Å². The molecule has 2 aliphatic rings. The van der Waals surface area contributed by atoms with Crippen molar-refractivity contribution in [2.24, 2.45) is 11.8 Å². The first-order valence-electron chi connectivity index (χ1n) is 5.62. The van der Waals surface area contributed by atoms with Gasteiger partial charge in [-0.3, -0.25) is 14.5 Å². The van der Waals surface area contributed by atoms with Gasteiger partial charge in [-0.1, -0.05) is 19.1 Å². The molecule has 0 aromatic heterocycles. The Morgan fingerprint density at radius 1 is 1.38 bits per heavy atom. The van der Waals surface area contributed by atoms with Crippen LogP contribution < -0.4 is 0 Å². The van der Waals surface area contributed by atoms with Crippen LogP contribution in [0.15, 0.2) is 12.2 Å². The highest BCUT2D eigenvalue weighted by Crippen LogP contribution is 2.36. The average Bonchev–Trinajstić information content (AvgIpc) is 2.57. The number of fused-ring (bicyclic) bond motifs is 1. The van der Waals surface area contributed by atoms with Gasteiger partial charge >= 0.3 is 0 Å². The van der Waals surface area contributed by atoms with Gasteiger partial charge in [0.15, 0.2) is 0 Å². The van der Waals surface area contributed by atoms with Crippen LogP contribution in [0.2, 0.25) is 0 Å². The molecule has 0 N–H and O–H groups in total. The van der Waals surface area contributed by atoms with E-state index in [9.17, 15) is 9.59 Å². The number of hydrogen-bond donors (Lipinski definition) is 0. The largest absolute Gasteiger partial charge is 0.274 e. The van der Waals surface area contributed by atoms with Crippen molar-refractivity contribution in [1.29, 1.82) is 5.26 Å². The summed E-state index contributed by atoms with van der Waals surface area (Å²) in [5.41, 5.74) is 0. The van der Waals surface area contributed by atoms with Crippen LogP contribution in [-0.2, 0) is 9.59 Å². The molecule has 3 unspecified atom stereocenters. The third kappa shape index (κ3) is 1.44. The van der Waals surface area contributed by atoms with E-state index in [1.54, 1.807) is 0 Å². The molecule has 4 nitrogen and oxygen atoms in total. The standard InChI is InChI=1S/C12H14N2O2/c1-2-8(7-13)14-11(15)9-5-3-4-6-10(9)12(14)16/h3-4,8-10H,2,5-6H2,1H3. The molecule has 2 amide bonds. The molecular weight excluding hydrogens is 204 g/mol. The Kier molecular flexibility index (Phi) is 2.78. The summed E-state index contributed by atoms with van der Waals surface area (Å²) in [4.78, 5) is 25.2. The lowest BCUT2D eigenvalue weighted by Gasteiger charge is -2.18. The molecule has 0 spiro atoms. The number of imide groups is 1. The van der Waals surface area contributed by atoms with Gasteiger partial charge in [0.05, 0.1) is 17.9 Å². The lowest BCUT2D eigenvalue weighted by atomic mass is 9.85. The molecule has 0 bridgehead atoms. The zero-order chi connectivity index (χ0) is 11.7. The molecule has 3 atom stereocenters.